The van der Waals surface area contributed by atoms with Gasteiger partial charge in [0.05, 0.1) is 23.6 Å². The molecular weight excluding hydrogens is 402 g/mol. The van der Waals surface area contributed by atoms with E-state index in [1.54, 1.807) is 6.20 Å². The Bertz CT molecular complexity index is 1230. The molecule has 1 fully saturated rings. The standard InChI is InChI=1S/C24H27N7O/c1-29-9-11-31(12-10-29)20-6-4-18(5-7-20)21-15-26-23(25)24(28-21)32-16-17-3-8-22-19(13-17)14-27-30(22)2/h3-8,13-15H,9-12,16H2,1-2H3,(H2,25,26). The predicted molar refractivity (Wildman–Crippen MR) is 127 cm³/mol. The van der Waals surface area contributed by atoms with Gasteiger partial charge < -0.3 is 20.3 Å². The van der Waals surface area contributed by atoms with E-state index < -0.39 is 0 Å². The molecule has 2 N–H and O–H groups in total. The number of aromatic nitrogens is 4. The molecule has 1 aliphatic heterocycles. The molecule has 8 nitrogen and oxygen atoms in total. The van der Waals surface area contributed by atoms with Crippen LogP contribution in [0.5, 0.6) is 5.88 Å². The Kier molecular flexibility index (Phi) is 5.36. The molecule has 2 aromatic carbocycles. The molecule has 8 heteroatoms. The van der Waals surface area contributed by atoms with Gasteiger partial charge in [-0.2, -0.15) is 5.10 Å². The number of hydrogen-bond acceptors (Lipinski definition) is 7. The summed E-state index contributed by atoms with van der Waals surface area (Å²) < 4.78 is 7.78. The summed E-state index contributed by atoms with van der Waals surface area (Å²) in [6.07, 6.45) is 3.54. The predicted octanol–water partition coefficient (Wildman–Crippen LogP) is 2.94. The van der Waals surface area contributed by atoms with E-state index in [9.17, 15) is 0 Å². The van der Waals surface area contributed by atoms with Gasteiger partial charge in [-0.15, -0.1) is 0 Å². The van der Waals surface area contributed by atoms with Crippen molar-refractivity contribution in [1.29, 1.82) is 0 Å². The largest absolute Gasteiger partial charge is 0.470 e. The maximum atomic E-state index is 6.04. The van der Waals surface area contributed by atoms with Crippen molar-refractivity contribution in [1.82, 2.24) is 24.6 Å². The van der Waals surface area contributed by atoms with E-state index in [4.69, 9.17) is 10.5 Å². The number of fused-ring (bicyclic) bond motifs is 1. The van der Waals surface area contributed by atoms with E-state index in [-0.39, 0.29) is 5.82 Å². The quantitative estimate of drug-likeness (QED) is 0.522. The zero-order valence-electron chi connectivity index (χ0n) is 18.4. The first-order valence-electron chi connectivity index (χ1n) is 10.8. The third-order valence-electron chi connectivity index (χ3n) is 5.98. The van der Waals surface area contributed by atoms with Crippen LogP contribution in [0, 0.1) is 0 Å². The smallest absolute Gasteiger partial charge is 0.258 e. The summed E-state index contributed by atoms with van der Waals surface area (Å²) in [5.41, 5.74) is 11.1. The Labute approximate surface area is 187 Å². The van der Waals surface area contributed by atoms with E-state index in [0.29, 0.717) is 12.5 Å². The zero-order chi connectivity index (χ0) is 22.1. The van der Waals surface area contributed by atoms with Crippen LogP contribution in [0.3, 0.4) is 0 Å². The fraction of sp³-hybridized carbons (Fsp3) is 0.292. The highest BCUT2D eigenvalue weighted by atomic mass is 16.5. The number of anilines is 2. The summed E-state index contributed by atoms with van der Waals surface area (Å²) in [5, 5.41) is 5.35. The fourth-order valence-corrected chi connectivity index (χ4v) is 3.99. The maximum Gasteiger partial charge on any atom is 0.258 e. The molecule has 0 bridgehead atoms. The first-order valence-corrected chi connectivity index (χ1v) is 10.8. The first kappa shape index (κ1) is 20.3. The molecule has 0 unspecified atom stereocenters. The van der Waals surface area contributed by atoms with Crippen LogP contribution in [0.2, 0.25) is 0 Å². The summed E-state index contributed by atoms with van der Waals surface area (Å²) in [7, 11) is 4.09. The third-order valence-corrected chi connectivity index (χ3v) is 5.98. The second-order valence-corrected chi connectivity index (χ2v) is 8.23. The molecule has 0 atom stereocenters. The maximum absolute atomic E-state index is 6.04. The average molecular weight is 430 g/mol. The number of nitrogens with zero attached hydrogens (tertiary/aromatic N) is 6. The molecule has 1 saturated heterocycles. The highest BCUT2D eigenvalue weighted by molar-refractivity contribution is 5.79. The van der Waals surface area contributed by atoms with Crippen molar-refractivity contribution in [2.24, 2.45) is 7.05 Å². The molecule has 0 spiro atoms. The van der Waals surface area contributed by atoms with Gasteiger partial charge in [0.2, 0.25) is 0 Å². The van der Waals surface area contributed by atoms with Gasteiger partial charge in [0.15, 0.2) is 5.82 Å². The van der Waals surface area contributed by atoms with E-state index in [0.717, 1.165) is 53.9 Å². The van der Waals surface area contributed by atoms with Crippen LogP contribution in [0.1, 0.15) is 5.56 Å². The highest BCUT2D eigenvalue weighted by Crippen LogP contribution is 2.26. The lowest BCUT2D eigenvalue weighted by Gasteiger charge is -2.34. The van der Waals surface area contributed by atoms with Crippen LogP contribution in [0.25, 0.3) is 22.2 Å². The average Bonchev–Trinajstić information content (AvgIpc) is 3.19. The molecule has 0 saturated carbocycles. The van der Waals surface area contributed by atoms with Gasteiger partial charge in [-0.25, -0.2) is 9.97 Å². The monoisotopic (exact) mass is 429 g/mol. The number of piperazine rings is 1. The van der Waals surface area contributed by atoms with Crippen LogP contribution in [0.4, 0.5) is 11.5 Å². The molecule has 0 radical (unpaired) electrons. The molecule has 3 heterocycles. The van der Waals surface area contributed by atoms with Crippen molar-refractivity contribution >= 4 is 22.4 Å². The van der Waals surface area contributed by atoms with E-state index in [2.05, 4.69) is 62.2 Å². The van der Waals surface area contributed by atoms with Gasteiger partial charge in [0, 0.05) is 49.9 Å². The van der Waals surface area contributed by atoms with Crippen molar-refractivity contribution in [3.63, 3.8) is 0 Å². The Morgan fingerprint density at radius 3 is 2.53 bits per heavy atom. The van der Waals surface area contributed by atoms with Crippen molar-refractivity contribution in [3.05, 3.63) is 60.4 Å². The Balaban J connectivity index is 1.30. The normalized spacial score (nSPS) is 14.8. The van der Waals surface area contributed by atoms with E-state index >= 15 is 0 Å². The number of aryl methyl sites for hydroxylation is 1. The van der Waals surface area contributed by atoms with Crippen LogP contribution in [-0.4, -0.2) is 57.9 Å². The summed E-state index contributed by atoms with van der Waals surface area (Å²) in [5.74, 6) is 0.627. The molecule has 32 heavy (non-hydrogen) atoms. The number of hydrogen-bond donors (Lipinski definition) is 1. The number of nitrogens with two attached hydrogens (primary N) is 1. The minimum atomic E-state index is 0.283. The summed E-state index contributed by atoms with van der Waals surface area (Å²) in [6.45, 7) is 4.61. The fourth-order valence-electron chi connectivity index (χ4n) is 3.99. The summed E-state index contributed by atoms with van der Waals surface area (Å²) >= 11 is 0. The molecule has 1 aliphatic rings. The van der Waals surface area contributed by atoms with Crippen molar-refractivity contribution in [3.8, 4) is 17.1 Å². The minimum absolute atomic E-state index is 0.283. The third kappa shape index (κ3) is 4.09. The van der Waals surface area contributed by atoms with Gasteiger partial charge in [-0.3, -0.25) is 4.68 Å². The molecule has 4 aromatic rings. The lowest BCUT2D eigenvalue weighted by molar-refractivity contribution is 0.295. The number of likely N-dealkylation sites (N-methyl/N-ethyl adjacent to an activating group) is 1. The number of benzene rings is 2. The van der Waals surface area contributed by atoms with Crippen molar-refractivity contribution in [2.45, 2.75) is 6.61 Å². The number of rotatable bonds is 5. The number of ether oxygens (including phenoxy) is 1. The van der Waals surface area contributed by atoms with Gasteiger partial charge in [0.25, 0.3) is 5.88 Å². The lowest BCUT2D eigenvalue weighted by Crippen LogP contribution is -2.44. The van der Waals surface area contributed by atoms with Gasteiger partial charge in [0.1, 0.15) is 6.61 Å². The Hall–Kier alpha value is -3.65. The Morgan fingerprint density at radius 1 is 0.969 bits per heavy atom. The molecular formula is C24H27N7O. The van der Waals surface area contributed by atoms with Gasteiger partial charge in [-0.1, -0.05) is 18.2 Å². The van der Waals surface area contributed by atoms with Crippen LogP contribution in [0.15, 0.2) is 54.9 Å². The second-order valence-electron chi connectivity index (χ2n) is 8.23. The lowest BCUT2D eigenvalue weighted by atomic mass is 10.1. The molecule has 0 amide bonds. The van der Waals surface area contributed by atoms with E-state index in [1.807, 2.05) is 30.1 Å². The van der Waals surface area contributed by atoms with Crippen LogP contribution in [-0.2, 0) is 13.7 Å². The first-order chi connectivity index (χ1) is 15.6. The minimum Gasteiger partial charge on any atom is -0.470 e. The summed E-state index contributed by atoms with van der Waals surface area (Å²) in [6, 6.07) is 14.6. The summed E-state index contributed by atoms with van der Waals surface area (Å²) in [4.78, 5) is 13.7. The molecule has 0 aliphatic carbocycles. The number of nitrogen functional groups attached to an aromatic ring is 1. The van der Waals surface area contributed by atoms with Crippen molar-refractivity contribution in [2.75, 3.05) is 43.9 Å². The second kappa shape index (κ2) is 8.47. The van der Waals surface area contributed by atoms with Crippen molar-refractivity contribution < 1.29 is 4.74 Å². The zero-order valence-corrected chi connectivity index (χ0v) is 18.4. The topological polar surface area (TPSA) is 85.3 Å². The highest BCUT2D eigenvalue weighted by Gasteiger charge is 2.15. The molecule has 164 valence electrons. The van der Waals surface area contributed by atoms with Gasteiger partial charge in [-0.05, 0) is 36.9 Å². The van der Waals surface area contributed by atoms with E-state index in [1.165, 1.54) is 5.69 Å². The Morgan fingerprint density at radius 2 is 1.75 bits per heavy atom. The van der Waals surface area contributed by atoms with Gasteiger partial charge >= 0.3 is 0 Å². The van der Waals surface area contributed by atoms with Crippen LogP contribution >= 0.6 is 0 Å². The SMILES string of the molecule is CN1CCN(c2ccc(-c3cnc(N)c(OCc4ccc5c(cnn5C)c4)n3)cc2)CC1. The molecule has 5 rings (SSSR count). The van der Waals surface area contributed by atoms with Crippen LogP contribution < -0.4 is 15.4 Å². The molecule has 2 aromatic heterocycles.